The summed E-state index contributed by atoms with van der Waals surface area (Å²) in [6, 6.07) is 61.0. The van der Waals surface area contributed by atoms with Crippen molar-refractivity contribution in [3.63, 3.8) is 0 Å². The van der Waals surface area contributed by atoms with Crippen molar-refractivity contribution in [3.8, 4) is 22.3 Å². The van der Waals surface area contributed by atoms with E-state index < -0.39 is 0 Å². The zero-order chi connectivity index (χ0) is 34.1. The number of fused-ring (bicyclic) bond motifs is 5. The van der Waals surface area contributed by atoms with Gasteiger partial charge in [-0.1, -0.05) is 152 Å². The second kappa shape index (κ2) is 12.9. The molecule has 0 amide bonds. The van der Waals surface area contributed by atoms with Crippen LogP contribution in [0.1, 0.15) is 16.9 Å². The van der Waals surface area contributed by atoms with Gasteiger partial charge in [0.2, 0.25) is 0 Å². The Bertz CT molecular complexity index is 2790. The Kier molecular flexibility index (Phi) is 7.64. The molecule has 51 heavy (non-hydrogen) atoms. The number of hydrogen-bond acceptors (Lipinski definition) is 2. The molecule has 240 valence electrons. The largest absolute Gasteiger partial charge is 0.454 e. The van der Waals surface area contributed by atoms with Crippen LogP contribution in [0.5, 0.6) is 0 Å². The average Bonchev–Trinajstić information content (AvgIpc) is 3.63. The fourth-order valence-corrected chi connectivity index (χ4v) is 7.05. The van der Waals surface area contributed by atoms with Crippen LogP contribution in [0.2, 0.25) is 0 Å². The number of allylic oxidation sites excluding steroid dienone is 1. The Morgan fingerprint density at radius 2 is 1.18 bits per heavy atom. The lowest BCUT2D eigenvalue weighted by molar-refractivity contribution is 0.606. The monoisotopic (exact) mass is 652 g/mol. The first-order chi connectivity index (χ1) is 25.2. The van der Waals surface area contributed by atoms with Gasteiger partial charge in [0.1, 0.15) is 11.3 Å². The highest BCUT2D eigenvalue weighted by Gasteiger charge is 2.14. The van der Waals surface area contributed by atoms with Gasteiger partial charge in [-0.25, -0.2) is 4.99 Å². The third-order valence-corrected chi connectivity index (χ3v) is 9.53. The van der Waals surface area contributed by atoms with Crippen LogP contribution in [0.15, 0.2) is 191 Å². The molecule has 0 radical (unpaired) electrons. The SMILES string of the molecule is N=C(N=C(/C=C/c1cccc(-c2cccc(-c3c4ccccc4cc4c3ccc3ccccc34)c2)c1)c1cc2ccccc2o1)c1ccccc1. The van der Waals surface area contributed by atoms with E-state index in [1.54, 1.807) is 0 Å². The topological polar surface area (TPSA) is 49.4 Å². The molecule has 0 aliphatic rings. The summed E-state index contributed by atoms with van der Waals surface area (Å²) in [6.45, 7) is 0. The number of aliphatic imine (C=N–C) groups is 1. The van der Waals surface area contributed by atoms with E-state index in [2.05, 4.69) is 115 Å². The summed E-state index contributed by atoms with van der Waals surface area (Å²) in [7, 11) is 0. The van der Waals surface area contributed by atoms with Crippen molar-refractivity contribution in [1.82, 2.24) is 0 Å². The Morgan fingerprint density at radius 1 is 0.490 bits per heavy atom. The van der Waals surface area contributed by atoms with Crippen molar-refractivity contribution in [2.75, 3.05) is 0 Å². The molecular weight excluding hydrogens is 621 g/mol. The van der Waals surface area contributed by atoms with Gasteiger partial charge < -0.3 is 4.42 Å². The smallest absolute Gasteiger partial charge is 0.153 e. The molecule has 1 N–H and O–H groups in total. The highest BCUT2D eigenvalue weighted by Crippen LogP contribution is 2.40. The molecule has 0 unspecified atom stereocenters. The van der Waals surface area contributed by atoms with Crippen molar-refractivity contribution in [2.24, 2.45) is 4.99 Å². The predicted octanol–water partition coefficient (Wildman–Crippen LogP) is 12.8. The fourth-order valence-electron chi connectivity index (χ4n) is 7.05. The van der Waals surface area contributed by atoms with Crippen molar-refractivity contribution >= 4 is 60.9 Å². The zero-order valence-corrected chi connectivity index (χ0v) is 27.8. The maximum atomic E-state index is 8.74. The summed E-state index contributed by atoms with van der Waals surface area (Å²) in [5.41, 5.74) is 7.83. The van der Waals surface area contributed by atoms with Crippen molar-refractivity contribution < 1.29 is 4.42 Å². The van der Waals surface area contributed by atoms with Gasteiger partial charge in [-0.05, 0) is 96.5 Å². The van der Waals surface area contributed by atoms with Crippen LogP contribution in [-0.4, -0.2) is 11.5 Å². The lowest BCUT2D eigenvalue weighted by Gasteiger charge is -2.15. The Labute approximate surface area is 296 Å². The summed E-state index contributed by atoms with van der Waals surface area (Å²) in [5.74, 6) is 0.794. The van der Waals surface area contributed by atoms with Crippen LogP contribution in [-0.2, 0) is 0 Å². The van der Waals surface area contributed by atoms with Gasteiger partial charge in [0, 0.05) is 10.9 Å². The number of para-hydroxylation sites is 1. The number of rotatable bonds is 6. The van der Waals surface area contributed by atoms with Crippen LogP contribution >= 0.6 is 0 Å². The molecule has 0 saturated carbocycles. The van der Waals surface area contributed by atoms with Gasteiger partial charge in [0.25, 0.3) is 0 Å². The Hall–Kier alpha value is -6.84. The molecule has 3 heteroatoms. The van der Waals surface area contributed by atoms with Crippen LogP contribution in [0, 0.1) is 5.41 Å². The number of furan rings is 1. The second-order valence-corrected chi connectivity index (χ2v) is 12.8. The number of nitrogens with one attached hydrogen (secondary N) is 1. The van der Waals surface area contributed by atoms with Gasteiger partial charge in [0.15, 0.2) is 11.6 Å². The van der Waals surface area contributed by atoms with E-state index in [0.29, 0.717) is 11.5 Å². The fraction of sp³-hybridized carbons (Fsp3) is 0. The second-order valence-electron chi connectivity index (χ2n) is 12.8. The Balaban J connectivity index is 1.11. The molecule has 1 aromatic heterocycles. The van der Waals surface area contributed by atoms with Gasteiger partial charge in [-0.15, -0.1) is 0 Å². The minimum Gasteiger partial charge on any atom is -0.454 e. The van der Waals surface area contributed by atoms with E-state index in [1.165, 1.54) is 43.4 Å². The molecule has 9 rings (SSSR count). The minimum absolute atomic E-state index is 0.176. The van der Waals surface area contributed by atoms with E-state index in [4.69, 9.17) is 14.8 Å². The standard InChI is InChI=1S/C48H32N2O/c49-48(34-14-2-1-3-15-34)50-44(46-31-38-17-6-9-23-45(38)51-46)27-24-32-12-10-18-35(28-32)36-19-11-20-39(29-36)47-41-22-8-5-16-37(41)30-43-40-21-7-4-13-33(40)25-26-42(43)47/h1-31,49H/b27-24+,49-48?,50-44?. The number of amidine groups is 1. The number of hydrogen-bond donors (Lipinski definition) is 1. The molecule has 3 nitrogen and oxygen atoms in total. The van der Waals surface area contributed by atoms with E-state index >= 15 is 0 Å². The lowest BCUT2D eigenvalue weighted by atomic mass is 9.89. The van der Waals surface area contributed by atoms with Gasteiger partial charge >= 0.3 is 0 Å². The van der Waals surface area contributed by atoms with Crippen LogP contribution in [0.25, 0.3) is 71.6 Å². The van der Waals surface area contributed by atoms with Gasteiger partial charge in [0.05, 0.1) is 0 Å². The maximum absolute atomic E-state index is 8.74. The first-order valence-corrected chi connectivity index (χ1v) is 17.1. The molecular formula is C48H32N2O. The normalized spacial score (nSPS) is 12.0. The van der Waals surface area contributed by atoms with Crippen molar-refractivity contribution in [2.45, 2.75) is 0 Å². The summed E-state index contributed by atoms with van der Waals surface area (Å²) < 4.78 is 6.21. The highest BCUT2D eigenvalue weighted by atomic mass is 16.3. The minimum atomic E-state index is 0.176. The first-order valence-electron chi connectivity index (χ1n) is 17.1. The summed E-state index contributed by atoms with van der Waals surface area (Å²) >= 11 is 0. The van der Waals surface area contributed by atoms with Crippen LogP contribution in [0.4, 0.5) is 0 Å². The molecule has 0 atom stereocenters. The Morgan fingerprint density at radius 3 is 2.02 bits per heavy atom. The summed E-state index contributed by atoms with van der Waals surface area (Å²) in [5, 5.41) is 17.2. The van der Waals surface area contributed by atoms with Gasteiger partial charge in [-0.2, -0.15) is 0 Å². The maximum Gasteiger partial charge on any atom is 0.153 e. The highest BCUT2D eigenvalue weighted by molar-refractivity contribution is 6.20. The average molecular weight is 653 g/mol. The molecule has 0 aliphatic heterocycles. The van der Waals surface area contributed by atoms with E-state index in [9.17, 15) is 0 Å². The van der Waals surface area contributed by atoms with E-state index in [1.807, 2.05) is 72.8 Å². The number of nitrogens with zero attached hydrogens (tertiary/aromatic N) is 1. The quantitative estimate of drug-likeness (QED) is 0.0826. The molecule has 0 bridgehead atoms. The predicted molar refractivity (Wildman–Crippen MR) is 215 cm³/mol. The van der Waals surface area contributed by atoms with Crippen LogP contribution in [0.3, 0.4) is 0 Å². The zero-order valence-electron chi connectivity index (χ0n) is 27.8. The van der Waals surface area contributed by atoms with Crippen LogP contribution < -0.4 is 0 Å². The molecule has 1 heterocycles. The van der Waals surface area contributed by atoms with E-state index in [0.717, 1.165) is 33.2 Å². The third-order valence-electron chi connectivity index (χ3n) is 9.53. The molecule has 0 fully saturated rings. The molecule has 9 aromatic rings. The van der Waals surface area contributed by atoms with Crippen molar-refractivity contribution in [1.29, 1.82) is 5.41 Å². The molecule has 0 spiro atoms. The van der Waals surface area contributed by atoms with Gasteiger partial charge in [-0.3, -0.25) is 5.41 Å². The molecule has 0 saturated heterocycles. The first kappa shape index (κ1) is 30.2. The summed E-state index contributed by atoms with van der Waals surface area (Å²) in [4.78, 5) is 4.74. The summed E-state index contributed by atoms with van der Waals surface area (Å²) in [6.07, 6.45) is 3.98. The lowest BCUT2D eigenvalue weighted by Crippen LogP contribution is -2.02. The van der Waals surface area contributed by atoms with Crippen molar-refractivity contribution in [3.05, 3.63) is 199 Å². The number of benzene rings is 8. The molecule has 8 aromatic carbocycles. The molecule has 0 aliphatic carbocycles. The van der Waals surface area contributed by atoms with E-state index in [-0.39, 0.29) is 5.84 Å². The third kappa shape index (κ3) is 5.81.